The van der Waals surface area contributed by atoms with Crippen LogP contribution in [-0.2, 0) is 73.5 Å². The van der Waals surface area contributed by atoms with Gasteiger partial charge in [0, 0.05) is 6.92 Å². The molecule has 11 nitrogen and oxygen atoms in total. The van der Waals surface area contributed by atoms with Gasteiger partial charge in [0.1, 0.15) is 30.5 Å². The van der Waals surface area contributed by atoms with E-state index in [0.29, 0.717) is 0 Å². The van der Waals surface area contributed by atoms with Crippen LogP contribution in [0.5, 0.6) is 0 Å². The third-order valence-electron chi connectivity index (χ3n) is 10.8. The summed E-state index contributed by atoms with van der Waals surface area (Å²) in [6.07, 6.45) is -9.26. The molecule has 2 saturated heterocycles. The molecule has 9 atom stereocenters. The third-order valence-corrected chi connectivity index (χ3v) is 15.2. The molecule has 4 aromatic rings. The Morgan fingerprint density at radius 1 is 0.621 bits per heavy atom. The third kappa shape index (κ3) is 11.9. The number of benzene rings is 4. The molecule has 58 heavy (non-hydrogen) atoms. The van der Waals surface area contributed by atoms with E-state index in [2.05, 4.69) is 33.9 Å². The van der Waals surface area contributed by atoms with E-state index >= 15 is 0 Å². The number of esters is 1. The molecule has 0 saturated carbocycles. The van der Waals surface area contributed by atoms with Crippen molar-refractivity contribution in [2.45, 2.75) is 128 Å². The standard InChI is InChI=1S/C46H58O11Si/c1-32(47)54-42-40(50-28-34-21-13-8-14-22-34)41(51-29-35-23-15-9-16-24-35)44(52-30-36-25-17-10-18-26-36)56-45(42)55-37-31-53-43(57-58(5,6)46(2,3)4)38(48)39(37)49-27-33-19-11-7-12-20-33/h7-26,37-45,48H,27-31H2,1-6H3/t37-,38-,39+,40+,41-,42-,43+,44+,45-/m1/s1. The highest BCUT2D eigenvalue weighted by molar-refractivity contribution is 6.74. The van der Waals surface area contributed by atoms with Crippen LogP contribution < -0.4 is 0 Å². The topological polar surface area (TPSA) is 120 Å². The van der Waals surface area contributed by atoms with Crippen LogP contribution >= 0.6 is 0 Å². The molecule has 2 aliphatic heterocycles. The van der Waals surface area contributed by atoms with Gasteiger partial charge in [0.2, 0.25) is 6.29 Å². The Bertz CT molecular complexity index is 1810. The number of aliphatic hydroxyl groups excluding tert-OH is 1. The molecule has 0 radical (unpaired) electrons. The van der Waals surface area contributed by atoms with Crippen molar-refractivity contribution in [2.75, 3.05) is 6.61 Å². The first kappa shape index (κ1) is 43.8. The SMILES string of the molecule is CC(=O)O[C@H]1[C@H](O[C@@H]2CO[C@@H](O[Si](C)(C)C(C)(C)C)[C@H](O)[C@H]2OCc2ccccc2)O[C@H](OCc2ccccc2)[C@H](OCc2ccccc2)[C@@H]1OCc1ccccc1. The maximum absolute atomic E-state index is 12.9. The van der Waals surface area contributed by atoms with Crippen LogP contribution in [0.2, 0.25) is 18.1 Å². The van der Waals surface area contributed by atoms with E-state index < -0.39 is 69.8 Å². The molecule has 2 heterocycles. The summed E-state index contributed by atoms with van der Waals surface area (Å²) in [4.78, 5) is 12.9. The average Bonchev–Trinajstić information content (AvgIpc) is 3.21. The molecule has 2 aliphatic rings. The number of rotatable bonds is 17. The summed E-state index contributed by atoms with van der Waals surface area (Å²) in [5.74, 6) is -0.569. The van der Waals surface area contributed by atoms with Gasteiger partial charge in [-0.15, -0.1) is 0 Å². The molecule has 12 heteroatoms. The van der Waals surface area contributed by atoms with Crippen molar-refractivity contribution in [3.63, 3.8) is 0 Å². The second-order valence-electron chi connectivity index (χ2n) is 16.3. The largest absolute Gasteiger partial charge is 0.454 e. The summed E-state index contributed by atoms with van der Waals surface area (Å²) >= 11 is 0. The predicted molar refractivity (Wildman–Crippen MR) is 219 cm³/mol. The lowest BCUT2D eigenvalue weighted by atomic mass is 10.0. The summed E-state index contributed by atoms with van der Waals surface area (Å²) in [6.45, 7) is 12.7. The van der Waals surface area contributed by atoms with E-state index in [1.807, 2.05) is 121 Å². The molecule has 0 spiro atoms. The van der Waals surface area contributed by atoms with Gasteiger partial charge < -0.3 is 47.4 Å². The summed E-state index contributed by atoms with van der Waals surface area (Å²) in [7, 11) is -2.39. The van der Waals surface area contributed by atoms with Crippen molar-refractivity contribution >= 4 is 14.3 Å². The second kappa shape index (κ2) is 20.5. The van der Waals surface area contributed by atoms with Crippen LogP contribution in [0.15, 0.2) is 121 Å². The molecule has 6 rings (SSSR count). The Labute approximate surface area is 343 Å². The Balaban J connectivity index is 1.33. The minimum atomic E-state index is -2.39. The molecule has 0 aliphatic carbocycles. The van der Waals surface area contributed by atoms with Crippen molar-refractivity contribution in [3.05, 3.63) is 144 Å². The maximum atomic E-state index is 12.9. The highest BCUT2D eigenvalue weighted by atomic mass is 28.4. The Morgan fingerprint density at radius 2 is 1.05 bits per heavy atom. The summed E-state index contributed by atoms with van der Waals surface area (Å²) < 4.78 is 58.6. The first-order chi connectivity index (χ1) is 27.9. The molecule has 2 fully saturated rings. The van der Waals surface area contributed by atoms with E-state index in [1.54, 1.807) is 0 Å². The first-order valence-corrected chi connectivity index (χ1v) is 22.9. The number of carbonyl (C=O) groups excluding carboxylic acids is 1. The van der Waals surface area contributed by atoms with Crippen LogP contribution in [0.1, 0.15) is 49.9 Å². The fourth-order valence-corrected chi connectivity index (χ4v) is 7.72. The van der Waals surface area contributed by atoms with Crippen molar-refractivity contribution in [3.8, 4) is 0 Å². The quantitative estimate of drug-likeness (QED) is 0.0835. The maximum Gasteiger partial charge on any atom is 0.303 e. The van der Waals surface area contributed by atoms with Crippen LogP contribution in [0.25, 0.3) is 0 Å². The van der Waals surface area contributed by atoms with Crippen molar-refractivity contribution in [1.82, 2.24) is 0 Å². The van der Waals surface area contributed by atoms with E-state index in [4.69, 9.17) is 42.3 Å². The van der Waals surface area contributed by atoms with Crippen LogP contribution in [0.4, 0.5) is 0 Å². The highest BCUT2D eigenvalue weighted by Gasteiger charge is 2.54. The normalized spacial score (nSPS) is 26.6. The number of ether oxygens (including phenoxy) is 8. The van der Waals surface area contributed by atoms with E-state index in [9.17, 15) is 9.90 Å². The first-order valence-electron chi connectivity index (χ1n) is 20.0. The van der Waals surface area contributed by atoms with Crippen LogP contribution in [0, 0.1) is 0 Å². The lowest BCUT2D eigenvalue weighted by Gasteiger charge is -2.48. The molecular weight excluding hydrogens is 757 g/mol. The van der Waals surface area contributed by atoms with Gasteiger partial charge in [0.15, 0.2) is 27.0 Å². The van der Waals surface area contributed by atoms with Gasteiger partial charge in [0.25, 0.3) is 0 Å². The molecule has 0 bridgehead atoms. The number of carbonyl (C=O) groups is 1. The Morgan fingerprint density at radius 3 is 1.50 bits per heavy atom. The van der Waals surface area contributed by atoms with Crippen LogP contribution in [0.3, 0.4) is 0 Å². The number of hydrogen-bond acceptors (Lipinski definition) is 11. The fourth-order valence-electron chi connectivity index (χ4n) is 6.58. The number of hydrogen-bond donors (Lipinski definition) is 1. The molecule has 0 amide bonds. The fraction of sp³-hybridized carbons (Fsp3) is 0.457. The highest BCUT2D eigenvalue weighted by Crippen LogP contribution is 2.40. The molecule has 0 aromatic heterocycles. The number of aliphatic hydroxyl groups is 1. The van der Waals surface area contributed by atoms with Gasteiger partial charge in [-0.25, -0.2) is 0 Å². The van der Waals surface area contributed by atoms with Crippen molar-refractivity contribution in [2.24, 2.45) is 0 Å². The van der Waals surface area contributed by atoms with E-state index in [-0.39, 0.29) is 38.1 Å². The summed E-state index contributed by atoms with van der Waals surface area (Å²) in [5.41, 5.74) is 3.66. The van der Waals surface area contributed by atoms with E-state index in [0.717, 1.165) is 22.3 Å². The van der Waals surface area contributed by atoms with E-state index in [1.165, 1.54) is 6.92 Å². The Hall–Kier alpha value is -3.79. The van der Waals surface area contributed by atoms with Crippen LogP contribution in [-0.4, -0.2) is 81.5 Å². The minimum absolute atomic E-state index is 0.0124. The lowest BCUT2D eigenvalue weighted by molar-refractivity contribution is -0.384. The van der Waals surface area contributed by atoms with Gasteiger partial charge in [0.05, 0.1) is 33.0 Å². The van der Waals surface area contributed by atoms with Crippen molar-refractivity contribution < 1.29 is 52.2 Å². The lowest BCUT2D eigenvalue weighted by Crippen LogP contribution is -2.64. The molecule has 312 valence electrons. The van der Waals surface area contributed by atoms with Gasteiger partial charge in [-0.2, -0.15) is 0 Å². The molecule has 1 N–H and O–H groups in total. The molecule has 0 unspecified atom stereocenters. The van der Waals surface area contributed by atoms with Crippen molar-refractivity contribution in [1.29, 1.82) is 0 Å². The predicted octanol–water partition coefficient (Wildman–Crippen LogP) is 7.70. The van der Waals surface area contributed by atoms with Gasteiger partial charge in [-0.3, -0.25) is 4.79 Å². The second-order valence-corrected chi connectivity index (χ2v) is 21.0. The zero-order chi connectivity index (χ0) is 41.1. The van der Waals surface area contributed by atoms with Gasteiger partial charge in [-0.1, -0.05) is 142 Å². The molecular formula is C46H58O11Si. The Kier molecular flexibility index (Phi) is 15.4. The van der Waals surface area contributed by atoms with Gasteiger partial charge in [-0.05, 0) is 40.4 Å². The zero-order valence-corrected chi connectivity index (χ0v) is 35.3. The average molecular weight is 815 g/mol. The molecule has 4 aromatic carbocycles. The monoisotopic (exact) mass is 814 g/mol. The van der Waals surface area contributed by atoms with Gasteiger partial charge >= 0.3 is 5.97 Å². The summed E-state index contributed by atoms with van der Waals surface area (Å²) in [5, 5.41) is 11.8. The zero-order valence-electron chi connectivity index (χ0n) is 34.3. The summed E-state index contributed by atoms with van der Waals surface area (Å²) in [6, 6.07) is 38.8. The smallest absolute Gasteiger partial charge is 0.303 e. The minimum Gasteiger partial charge on any atom is -0.454 e.